The third kappa shape index (κ3) is 2.91. The van der Waals surface area contributed by atoms with Crippen molar-refractivity contribution < 1.29 is 9.18 Å². The van der Waals surface area contributed by atoms with E-state index >= 15 is 0 Å². The van der Waals surface area contributed by atoms with Gasteiger partial charge in [-0.1, -0.05) is 6.07 Å². The van der Waals surface area contributed by atoms with Crippen LogP contribution >= 0.6 is 11.3 Å². The van der Waals surface area contributed by atoms with Gasteiger partial charge < -0.3 is 5.32 Å². The summed E-state index contributed by atoms with van der Waals surface area (Å²) in [6, 6.07) is 4.76. The van der Waals surface area contributed by atoms with Gasteiger partial charge in [0.05, 0.1) is 16.3 Å². The SMILES string of the molecule is Cc1ccc(NC(=O)c2sc3nc(C4CC4)nc(C)c3c2C)c(F)c1. The number of carbonyl (C=O) groups excluding carboxylic acids is 1. The van der Waals surface area contributed by atoms with Gasteiger partial charge in [-0.3, -0.25) is 4.79 Å². The van der Waals surface area contributed by atoms with E-state index in [0.29, 0.717) is 10.8 Å². The quantitative estimate of drug-likeness (QED) is 0.728. The van der Waals surface area contributed by atoms with E-state index in [9.17, 15) is 9.18 Å². The number of amides is 1. The lowest BCUT2D eigenvalue weighted by molar-refractivity contribution is 0.102. The van der Waals surface area contributed by atoms with E-state index in [2.05, 4.69) is 15.3 Å². The van der Waals surface area contributed by atoms with Crippen LogP contribution in [0.25, 0.3) is 10.2 Å². The summed E-state index contributed by atoms with van der Waals surface area (Å²) in [7, 11) is 0. The summed E-state index contributed by atoms with van der Waals surface area (Å²) in [6.07, 6.45) is 2.27. The number of hydrogen-bond acceptors (Lipinski definition) is 4. The van der Waals surface area contributed by atoms with Crippen molar-refractivity contribution in [2.24, 2.45) is 0 Å². The number of fused-ring (bicyclic) bond motifs is 1. The van der Waals surface area contributed by atoms with E-state index < -0.39 is 5.82 Å². The standard InChI is InChI=1S/C19H18FN3OS/c1-9-4-7-14(13(20)8-9)22-18(24)16-10(2)15-11(3)21-17(12-5-6-12)23-19(15)25-16/h4,7-8,12H,5-6H2,1-3H3,(H,22,24). The first-order valence-corrected chi connectivity index (χ1v) is 9.11. The fourth-order valence-electron chi connectivity index (χ4n) is 3.00. The number of anilines is 1. The lowest BCUT2D eigenvalue weighted by Crippen LogP contribution is -2.12. The topological polar surface area (TPSA) is 54.9 Å². The Labute approximate surface area is 149 Å². The largest absolute Gasteiger partial charge is 0.319 e. The fraction of sp³-hybridized carbons (Fsp3) is 0.316. The number of rotatable bonds is 3. The number of carbonyl (C=O) groups is 1. The van der Waals surface area contributed by atoms with E-state index in [1.54, 1.807) is 12.1 Å². The van der Waals surface area contributed by atoms with Crippen molar-refractivity contribution in [2.75, 3.05) is 5.32 Å². The van der Waals surface area contributed by atoms with Gasteiger partial charge in [-0.15, -0.1) is 11.3 Å². The van der Waals surface area contributed by atoms with Crippen molar-refractivity contribution in [3.63, 3.8) is 0 Å². The molecule has 1 saturated carbocycles. The smallest absolute Gasteiger partial charge is 0.266 e. The third-order valence-corrected chi connectivity index (χ3v) is 5.69. The number of thiophene rings is 1. The maximum atomic E-state index is 14.0. The summed E-state index contributed by atoms with van der Waals surface area (Å²) < 4.78 is 14.0. The Kier molecular flexibility index (Phi) is 3.80. The highest BCUT2D eigenvalue weighted by Crippen LogP contribution is 2.40. The van der Waals surface area contributed by atoms with Gasteiger partial charge >= 0.3 is 0 Å². The Morgan fingerprint density at radius 1 is 1.24 bits per heavy atom. The molecule has 2 aromatic heterocycles. The Morgan fingerprint density at radius 3 is 2.68 bits per heavy atom. The van der Waals surface area contributed by atoms with Gasteiger partial charge in [-0.25, -0.2) is 14.4 Å². The number of halogens is 1. The summed E-state index contributed by atoms with van der Waals surface area (Å²) >= 11 is 1.35. The third-order valence-electron chi connectivity index (χ3n) is 4.51. The molecule has 0 unspecified atom stereocenters. The zero-order valence-corrected chi connectivity index (χ0v) is 15.1. The lowest BCUT2D eigenvalue weighted by Gasteiger charge is -2.06. The molecule has 1 aliphatic rings. The number of nitrogens with zero attached hydrogens (tertiary/aromatic N) is 2. The average molecular weight is 355 g/mol. The van der Waals surface area contributed by atoms with Gasteiger partial charge in [-0.05, 0) is 56.9 Å². The highest BCUT2D eigenvalue weighted by Gasteiger charge is 2.28. The molecular weight excluding hydrogens is 337 g/mol. The van der Waals surface area contributed by atoms with E-state index in [4.69, 9.17) is 0 Å². The molecule has 0 atom stereocenters. The number of benzene rings is 1. The lowest BCUT2D eigenvalue weighted by atomic mass is 10.1. The number of nitrogens with one attached hydrogen (secondary N) is 1. The van der Waals surface area contributed by atoms with E-state index in [-0.39, 0.29) is 11.6 Å². The molecule has 1 fully saturated rings. The molecule has 1 N–H and O–H groups in total. The predicted molar refractivity (Wildman–Crippen MR) is 98.0 cm³/mol. The molecule has 2 heterocycles. The van der Waals surface area contributed by atoms with Crippen LogP contribution in [0.15, 0.2) is 18.2 Å². The molecule has 0 spiro atoms. The maximum absolute atomic E-state index is 14.0. The molecule has 4 rings (SSSR count). The zero-order valence-electron chi connectivity index (χ0n) is 14.3. The highest BCUT2D eigenvalue weighted by atomic mass is 32.1. The van der Waals surface area contributed by atoms with Crippen LogP contribution in [0.4, 0.5) is 10.1 Å². The molecular formula is C19H18FN3OS. The van der Waals surface area contributed by atoms with Crippen molar-refractivity contribution in [1.29, 1.82) is 0 Å². The van der Waals surface area contributed by atoms with Crippen molar-refractivity contribution in [3.05, 3.63) is 51.5 Å². The van der Waals surface area contributed by atoms with Gasteiger partial charge in [0.15, 0.2) is 0 Å². The minimum atomic E-state index is -0.431. The van der Waals surface area contributed by atoms with Crippen molar-refractivity contribution in [2.45, 2.75) is 39.5 Å². The van der Waals surface area contributed by atoms with Crippen molar-refractivity contribution in [3.8, 4) is 0 Å². The molecule has 0 bridgehead atoms. The van der Waals surface area contributed by atoms with Gasteiger partial charge in [0, 0.05) is 11.3 Å². The summed E-state index contributed by atoms with van der Waals surface area (Å²) in [5.74, 6) is 0.599. The van der Waals surface area contributed by atoms with Crippen molar-refractivity contribution >= 4 is 33.1 Å². The molecule has 0 saturated heterocycles. The Bertz CT molecular complexity index is 1010. The second kappa shape index (κ2) is 5.88. The first-order valence-electron chi connectivity index (χ1n) is 8.29. The minimum Gasteiger partial charge on any atom is -0.319 e. The second-order valence-electron chi connectivity index (χ2n) is 6.62. The summed E-state index contributed by atoms with van der Waals surface area (Å²) in [5.41, 5.74) is 2.76. The molecule has 4 nitrogen and oxygen atoms in total. The number of aryl methyl sites for hydroxylation is 3. The molecule has 0 radical (unpaired) electrons. The normalized spacial score (nSPS) is 14.1. The van der Waals surface area contributed by atoms with Crippen molar-refractivity contribution in [1.82, 2.24) is 9.97 Å². The molecule has 0 aliphatic heterocycles. The summed E-state index contributed by atoms with van der Waals surface area (Å²) in [6.45, 7) is 5.66. The Hall–Kier alpha value is -2.34. The zero-order chi connectivity index (χ0) is 17.7. The second-order valence-corrected chi connectivity index (χ2v) is 7.61. The number of hydrogen-bond donors (Lipinski definition) is 1. The van der Waals surface area contributed by atoms with Crippen LogP contribution in [0, 0.1) is 26.6 Å². The van der Waals surface area contributed by atoms with Gasteiger partial charge in [0.2, 0.25) is 0 Å². The minimum absolute atomic E-state index is 0.189. The van der Waals surface area contributed by atoms with E-state index in [1.165, 1.54) is 17.4 Å². The van der Waals surface area contributed by atoms with Crippen LogP contribution in [0.1, 0.15) is 51.1 Å². The molecule has 3 aromatic rings. The molecule has 1 aromatic carbocycles. The summed E-state index contributed by atoms with van der Waals surface area (Å²) in [5, 5.41) is 3.61. The Morgan fingerprint density at radius 2 is 2.00 bits per heavy atom. The molecule has 25 heavy (non-hydrogen) atoms. The maximum Gasteiger partial charge on any atom is 0.266 e. The van der Waals surface area contributed by atoms with Gasteiger partial charge in [0.1, 0.15) is 16.5 Å². The molecule has 6 heteroatoms. The van der Waals surface area contributed by atoms with E-state index in [1.807, 2.05) is 20.8 Å². The molecule has 1 aliphatic carbocycles. The first-order chi connectivity index (χ1) is 11.9. The van der Waals surface area contributed by atoms with Crippen LogP contribution in [0.2, 0.25) is 0 Å². The first kappa shape index (κ1) is 16.1. The van der Waals surface area contributed by atoms with Gasteiger partial charge in [0.25, 0.3) is 5.91 Å². The molecule has 128 valence electrons. The van der Waals surface area contributed by atoms with Crippen LogP contribution in [0.3, 0.4) is 0 Å². The molecule has 1 amide bonds. The predicted octanol–water partition coefficient (Wildman–Crippen LogP) is 4.89. The van der Waals surface area contributed by atoms with Crippen LogP contribution in [-0.2, 0) is 0 Å². The van der Waals surface area contributed by atoms with Crippen LogP contribution < -0.4 is 5.32 Å². The Balaban J connectivity index is 1.71. The number of aromatic nitrogens is 2. The summed E-state index contributed by atoms with van der Waals surface area (Å²) in [4.78, 5) is 23.3. The average Bonchev–Trinajstić information content (AvgIpc) is 3.34. The van der Waals surface area contributed by atoms with Gasteiger partial charge in [-0.2, -0.15) is 0 Å². The van der Waals surface area contributed by atoms with E-state index in [0.717, 1.165) is 45.7 Å². The monoisotopic (exact) mass is 355 g/mol. The highest BCUT2D eigenvalue weighted by molar-refractivity contribution is 7.20. The van der Waals surface area contributed by atoms with Crippen LogP contribution in [-0.4, -0.2) is 15.9 Å². The van der Waals surface area contributed by atoms with Crippen LogP contribution in [0.5, 0.6) is 0 Å². The fourth-order valence-corrected chi connectivity index (χ4v) is 4.14.